The molecule has 0 bridgehead atoms. The fourth-order valence-corrected chi connectivity index (χ4v) is 4.33. The molecule has 4 rings (SSSR count). The zero-order valence-electron chi connectivity index (χ0n) is 16.0. The number of nitrogens with one attached hydrogen (secondary N) is 1. The first-order chi connectivity index (χ1) is 13.6. The third-order valence-corrected chi connectivity index (χ3v) is 6.04. The molecule has 1 aliphatic heterocycles. The van der Waals surface area contributed by atoms with Crippen LogP contribution in [0.5, 0.6) is 5.75 Å². The van der Waals surface area contributed by atoms with E-state index in [0.717, 1.165) is 47.7 Å². The number of rotatable bonds is 7. The van der Waals surface area contributed by atoms with Gasteiger partial charge in [0.25, 0.3) is 0 Å². The molecule has 1 saturated heterocycles. The van der Waals surface area contributed by atoms with E-state index in [0.29, 0.717) is 19.2 Å². The topological polar surface area (TPSA) is 71.5 Å². The Morgan fingerprint density at radius 3 is 2.75 bits per heavy atom. The minimum Gasteiger partial charge on any atom is -0.494 e. The monoisotopic (exact) mass is 399 g/mol. The van der Waals surface area contributed by atoms with Crippen molar-refractivity contribution in [2.24, 2.45) is 0 Å². The summed E-state index contributed by atoms with van der Waals surface area (Å²) in [6.07, 6.45) is 3.97. The minimum atomic E-state index is -0.322. The normalized spacial score (nSPS) is 18.9. The fourth-order valence-electron chi connectivity index (χ4n) is 3.50. The van der Waals surface area contributed by atoms with Gasteiger partial charge in [0.2, 0.25) is 11.8 Å². The molecule has 28 heavy (non-hydrogen) atoms. The Morgan fingerprint density at radius 2 is 2.04 bits per heavy atom. The van der Waals surface area contributed by atoms with E-state index in [2.05, 4.69) is 10.3 Å². The van der Waals surface area contributed by atoms with Gasteiger partial charge in [-0.3, -0.25) is 9.59 Å². The van der Waals surface area contributed by atoms with Gasteiger partial charge in [0.05, 0.1) is 18.7 Å². The maximum absolute atomic E-state index is 12.8. The first kappa shape index (κ1) is 18.9. The van der Waals surface area contributed by atoms with Gasteiger partial charge in [-0.05, 0) is 56.9 Å². The number of likely N-dealkylation sites (tertiary alicyclic amines) is 1. The molecule has 2 aromatic rings. The molecule has 0 spiro atoms. The van der Waals surface area contributed by atoms with Gasteiger partial charge in [-0.15, -0.1) is 11.3 Å². The molecule has 1 aromatic carbocycles. The van der Waals surface area contributed by atoms with Crippen molar-refractivity contribution in [2.45, 2.75) is 51.1 Å². The first-order valence-electron chi connectivity index (χ1n) is 9.91. The number of benzene rings is 1. The number of hydrogen-bond acceptors (Lipinski definition) is 5. The predicted octanol–water partition coefficient (Wildman–Crippen LogP) is 3.02. The number of ether oxygens (including phenoxy) is 1. The summed E-state index contributed by atoms with van der Waals surface area (Å²) in [5.41, 5.74) is 1.77. The molecule has 0 radical (unpaired) electrons. The number of thiazole rings is 1. The SMILES string of the molecule is CCOc1ccc(-c2nc(CC(=O)N3CCCC3C(=O)NC3CC3)cs2)cc1. The number of carbonyl (C=O) groups excluding carboxylic acids is 2. The highest BCUT2D eigenvalue weighted by Gasteiger charge is 2.36. The second-order valence-corrected chi connectivity index (χ2v) is 8.16. The number of hydrogen-bond donors (Lipinski definition) is 1. The van der Waals surface area contributed by atoms with Crippen molar-refractivity contribution in [3.63, 3.8) is 0 Å². The van der Waals surface area contributed by atoms with Crippen LogP contribution in [0.3, 0.4) is 0 Å². The average molecular weight is 400 g/mol. The lowest BCUT2D eigenvalue weighted by molar-refractivity contribution is -0.138. The molecule has 6 nitrogen and oxygen atoms in total. The summed E-state index contributed by atoms with van der Waals surface area (Å²) >= 11 is 1.53. The molecule has 1 aliphatic carbocycles. The van der Waals surface area contributed by atoms with Crippen LogP contribution in [0.4, 0.5) is 0 Å². The Bertz CT molecular complexity index is 845. The summed E-state index contributed by atoms with van der Waals surface area (Å²) in [5, 5.41) is 5.84. The van der Waals surface area contributed by atoms with E-state index < -0.39 is 0 Å². The molecule has 148 valence electrons. The molecule has 7 heteroatoms. The highest BCUT2D eigenvalue weighted by atomic mass is 32.1. The number of nitrogens with zero attached hydrogens (tertiary/aromatic N) is 2. The van der Waals surface area contributed by atoms with Crippen molar-refractivity contribution in [1.29, 1.82) is 0 Å². The molecule has 2 aliphatic rings. The Hall–Kier alpha value is -2.41. The maximum atomic E-state index is 12.8. The highest BCUT2D eigenvalue weighted by molar-refractivity contribution is 7.13. The highest BCUT2D eigenvalue weighted by Crippen LogP contribution is 2.27. The van der Waals surface area contributed by atoms with Crippen molar-refractivity contribution in [2.75, 3.05) is 13.2 Å². The van der Waals surface area contributed by atoms with Gasteiger partial charge in [-0.1, -0.05) is 0 Å². The molecular formula is C21H25N3O3S. The van der Waals surface area contributed by atoms with Crippen LogP contribution in [0.1, 0.15) is 38.3 Å². The van der Waals surface area contributed by atoms with Crippen LogP contribution < -0.4 is 10.1 Å². The van der Waals surface area contributed by atoms with Gasteiger partial charge >= 0.3 is 0 Å². The molecule has 2 amide bonds. The zero-order valence-corrected chi connectivity index (χ0v) is 16.8. The second kappa shape index (κ2) is 8.31. The summed E-state index contributed by atoms with van der Waals surface area (Å²) in [7, 11) is 0. The fraction of sp³-hybridized carbons (Fsp3) is 0.476. The maximum Gasteiger partial charge on any atom is 0.243 e. The lowest BCUT2D eigenvalue weighted by Gasteiger charge is -2.23. The Morgan fingerprint density at radius 1 is 1.25 bits per heavy atom. The smallest absolute Gasteiger partial charge is 0.243 e. The van der Waals surface area contributed by atoms with Crippen LogP contribution >= 0.6 is 11.3 Å². The largest absolute Gasteiger partial charge is 0.494 e. The average Bonchev–Trinajstić information content (AvgIpc) is 3.19. The van der Waals surface area contributed by atoms with E-state index in [1.807, 2.05) is 36.6 Å². The van der Waals surface area contributed by atoms with Gasteiger partial charge < -0.3 is 15.0 Å². The van der Waals surface area contributed by atoms with Crippen LogP contribution in [0.2, 0.25) is 0 Å². The number of carbonyl (C=O) groups is 2. The van der Waals surface area contributed by atoms with E-state index in [1.54, 1.807) is 4.90 Å². The third kappa shape index (κ3) is 4.35. The summed E-state index contributed by atoms with van der Waals surface area (Å²) in [4.78, 5) is 31.5. The van der Waals surface area contributed by atoms with Gasteiger partial charge in [0, 0.05) is 23.5 Å². The summed E-state index contributed by atoms with van der Waals surface area (Å²) in [6.45, 7) is 3.25. The van der Waals surface area contributed by atoms with Crippen molar-refractivity contribution in [3.05, 3.63) is 35.3 Å². The summed E-state index contributed by atoms with van der Waals surface area (Å²) in [5.74, 6) is 0.821. The van der Waals surface area contributed by atoms with E-state index >= 15 is 0 Å². The van der Waals surface area contributed by atoms with Gasteiger partial charge in [0.1, 0.15) is 16.8 Å². The minimum absolute atomic E-state index is 0.00158. The molecule has 1 saturated carbocycles. The van der Waals surface area contributed by atoms with E-state index in [-0.39, 0.29) is 24.3 Å². The van der Waals surface area contributed by atoms with Crippen molar-refractivity contribution < 1.29 is 14.3 Å². The molecule has 2 fully saturated rings. The van der Waals surface area contributed by atoms with E-state index in [9.17, 15) is 9.59 Å². The van der Waals surface area contributed by atoms with E-state index in [1.165, 1.54) is 11.3 Å². The van der Waals surface area contributed by atoms with Crippen LogP contribution in [0.25, 0.3) is 10.6 Å². The Balaban J connectivity index is 1.38. The quantitative estimate of drug-likeness (QED) is 0.777. The van der Waals surface area contributed by atoms with E-state index in [4.69, 9.17) is 4.74 Å². The molecular weight excluding hydrogens is 374 g/mol. The molecule has 2 heterocycles. The second-order valence-electron chi connectivity index (χ2n) is 7.31. The predicted molar refractivity (Wildman–Crippen MR) is 108 cm³/mol. The molecule has 1 aromatic heterocycles. The van der Waals surface area contributed by atoms with Crippen molar-refractivity contribution >= 4 is 23.2 Å². The Labute approximate surface area is 168 Å². The van der Waals surface area contributed by atoms with Crippen LogP contribution in [0.15, 0.2) is 29.6 Å². The lowest BCUT2D eigenvalue weighted by Crippen LogP contribution is -2.47. The molecule has 1 atom stereocenters. The third-order valence-electron chi connectivity index (χ3n) is 5.10. The van der Waals surface area contributed by atoms with Crippen molar-refractivity contribution in [3.8, 4) is 16.3 Å². The van der Waals surface area contributed by atoms with Crippen LogP contribution in [-0.2, 0) is 16.0 Å². The van der Waals surface area contributed by atoms with Crippen LogP contribution in [-0.4, -0.2) is 46.9 Å². The number of aromatic nitrogens is 1. The number of amides is 2. The molecule has 1 N–H and O–H groups in total. The first-order valence-corrected chi connectivity index (χ1v) is 10.8. The Kier molecular flexibility index (Phi) is 5.62. The van der Waals surface area contributed by atoms with Gasteiger partial charge in [0.15, 0.2) is 0 Å². The summed E-state index contributed by atoms with van der Waals surface area (Å²) in [6, 6.07) is 7.82. The van der Waals surface area contributed by atoms with Crippen LogP contribution in [0, 0.1) is 0 Å². The molecule has 1 unspecified atom stereocenters. The standard InChI is InChI=1S/C21H25N3O3S/c1-2-27-17-9-5-14(6-10-17)21-23-16(13-28-21)12-19(25)24-11-3-4-18(24)20(26)22-15-7-8-15/h5-6,9-10,13,15,18H,2-4,7-8,11-12H2,1H3,(H,22,26). The van der Waals surface area contributed by atoms with Crippen molar-refractivity contribution in [1.82, 2.24) is 15.2 Å². The van der Waals surface area contributed by atoms with Gasteiger partial charge in [-0.2, -0.15) is 0 Å². The summed E-state index contributed by atoms with van der Waals surface area (Å²) < 4.78 is 5.47. The lowest BCUT2D eigenvalue weighted by atomic mass is 10.2. The zero-order chi connectivity index (χ0) is 19.5. The van der Waals surface area contributed by atoms with Gasteiger partial charge in [-0.25, -0.2) is 4.98 Å².